The molecule has 2 N–H and O–H groups in total. The molecule has 1 aliphatic heterocycles. The van der Waals surface area contributed by atoms with Crippen LogP contribution in [-0.4, -0.2) is 42.1 Å². The van der Waals surface area contributed by atoms with Crippen molar-refractivity contribution >= 4 is 17.6 Å². The van der Waals surface area contributed by atoms with Gasteiger partial charge in [0.05, 0.1) is 18.3 Å². The molecule has 1 fully saturated rings. The van der Waals surface area contributed by atoms with E-state index in [0.717, 1.165) is 0 Å². The summed E-state index contributed by atoms with van der Waals surface area (Å²) in [5.41, 5.74) is 0.617. The van der Waals surface area contributed by atoms with Gasteiger partial charge in [-0.2, -0.15) is 0 Å². The highest BCUT2D eigenvalue weighted by atomic mass is 16.5. The van der Waals surface area contributed by atoms with Crippen LogP contribution in [-0.2, 0) is 4.79 Å². The minimum Gasteiger partial charge on any atom is -0.492 e. The standard InChI is InChI=1S/C16H23N3O3/c1-4-22-14-8-6-5-7-13(14)18-16(21)17-12-9-15(20)19(10-12)11(2)3/h5-8,11-12H,4,9-10H2,1-3H3,(H2,17,18,21). The number of ether oxygens (including phenoxy) is 1. The number of hydrogen-bond acceptors (Lipinski definition) is 3. The van der Waals surface area contributed by atoms with Gasteiger partial charge in [-0.25, -0.2) is 4.79 Å². The van der Waals surface area contributed by atoms with Gasteiger partial charge < -0.3 is 20.3 Å². The number of anilines is 1. The van der Waals surface area contributed by atoms with Crippen LogP contribution in [0.3, 0.4) is 0 Å². The number of amides is 3. The summed E-state index contributed by atoms with van der Waals surface area (Å²) >= 11 is 0. The van der Waals surface area contributed by atoms with Gasteiger partial charge in [-0.3, -0.25) is 4.79 Å². The van der Waals surface area contributed by atoms with Crippen molar-refractivity contribution in [3.63, 3.8) is 0 Å². The zero-order valence-electron chi connectivity index (χ0n) is 13.3. The molecule has 0 bridgehead atoms. The van der Waals surface area contributed by atoms with E-state index < -0.39 is 0 Å². The third-order valence-corrected chi connectivity index (χ3v) is 3.55. The summed E-state index contributed by atoms with van der Waals surface area (Å²) < 4.78 is 5.47. The number of carbonyl (C=O) groups excluding carboxylic acids is 2. The largest absolute Gasteiger partial charge is 0.492 e. The molecule has 1 aromatic rings. The van der Waals surface area contributed by atoms with E-state index in [4.69, 9.17) is 4.74 Å². The van der Waals surface area contributed by atoms with Crippen molar-refractivity contribution in [1.29, 1.82) is 0 Å². The van der Waals surface area contributed by atoms with Gasteiger partial charge in [0.1, 0.15) is 5.75 Å². The molecular formula is C16H23N3O3. The lowest BCUT2D eigenvalue weighted by molar-refractivity contribution is -0.129. The predicted molar refractivity (Wildman–Crippen MR) is 85.0 cm³/mol. The zero-order valence-corrected chi connectivity index (χ0v) is 13.3. The van der Waals surface area contributed by atoms with Gasteiger partial charge >= 0.3 is 6.03 Å². The summed E-state index contributed by atoms with van der Waals surface area (Å²) in [5.74, 6) is 0.710. The Morgan fingerprint density at radius 1 is 1.41 bits per heavy atom. The molecule has 0 saturated carbocycles. The molecule has 0 aromatic heterocycles. The molecule has 0 radical (unpaired) electrons. The molecule has 1 heterocycles. The lowest BCUT2D eigenvalue weighted by Crippen LogP contribution is -2.40. The minimum atomic E-state index is -0.324. The van der Waals surface area contributed by atoms with Crippen LogP contribution in [0, 0.1) is 0 Å². The van der Waals surface area contributed by atoms with Crippen molar-refractivity contribution < 1.29 is 14.3 Å². The van der Waals surface area contributed by atoms with Crippen molar-refractivity contribution in [2.24, 2.45) is 0 Å². The molecule has 2 rings (SSSR count). The van der Waals surface area contributed by atoms with Crippen molar-refractivity contribution in [2.45, 2.75) is 39.3 Å². The van der Waals surface area contributed by atoms with Gasteiger partial charge in [0.25, 0.3) is 0 Å². The monoisotopic (exact) mass is 305 g/mol. The van der Waals surface area contributed by atoms with E-state index in [2.05, 4.69) is 10.6 Å². The normalized spacial score (nSPS) is 17.7. The molecule has 1 saturated heterocycles. The molecule has 1 atom stereocenters. The fourth-order valence-corrected chi connectivity index (χ4v) is 2.52. The zero-order chi connectivity index (χ0) is 16.1. The Morgan fingerprint density at radius 2 is 2.14 bits per heavy atom. The van der Waals surface area contributed by atoms with E-state index in [1.807, 2.05) is 32.9 Å². The Bertz CT molecular complexity index is 545. The van der Waals surface area contributed by atoms with E-state index in [0.29, 0.717) is 31.0 Å². The average molecular weight is 305 g/mol. The van der Waals surface area contributed by atoms with E-state index in [1.165, 1.54) is 0 Å². The van der Waals surface area contributed by atoms with Crippen LogP contribution >= 0.6 is 0 Å². The number of urea groups is 1. The van der Waals surface area contributed by atoms with Crippen LogP contribution in [0.1, 0.15) is 27.2 Å². The summed E-state index contributed by atoms with van der Waals surface area (Å²) in [7, 11) is 0. The summed E-state index contributed by atoms with van der Waals surface area (Å²) in [6, 6.07) is 6.94. The maximum absolute atomic E-state index is 12.1. The van der Waals surface area contributed by atoms with E-state index in [9.17, 15) is 9.59 Å². The first-order chi connectivity index (χ1) is 10.5. The molecule has 3 amide bonds. The smallest absolute Gasteiger partial charge is 0.319 e. The molecule has 6 nitrogen and oxygen atoms in total. The van der Waals surface area contributed by atoms with Crippen molar-refractivity contribution in [2.75, 3.05) is 18.5 Å². The summed E-state index contributed by atoms with van der Waals surface area (Å²) in [4.78, 5) is 25.7. The van der Waals surface area contributed by atoms with Gasteiger partial charge in [0, 0.05) is 19.0 Å². The Morgan fingerprint density at radius 3 is 2.77 bits per heavy atom. The Balaban J connectivity index is 1.93. The van der Waals surface area contributed by atoms with Gasteiger partial charge in [0.15, 0.2) is 0 Å². The van der Waals surface area contributed by atoms with Gasteiger partial charge in [0.2, 0.25) is 5.91 Å². The molecule has 1 aromatic carbocycles. The fourth-order valence-electron chi connectivity index (χ4n) is 2.52. The molecule has 22 heavy (non-hydrogen) atoms. The summed E-state index contributed by atoms with van der Waals surface area (Å²) in [5, 5.41) is 5.62. The highest BCUT2D eigenvalue weighted by Gasteiger charge is 2.32. The quantitative estimate of drug-likeness (QED) is 0.876. The van der Waals surface area contributed by atoms with Crippen molar-refractivity contribution in [3.05, 3.63) is 24.3 Å². The molecule has 6 heteroatoms. The Labute approximate surface area is 130 Å². The van der Waals surface area contributed by atoms with Crippen LogP contribution in [0.15, 0.2) is 24.3 Å². The number of benzene rings is 1. The summed E-state index contributed by atoms with van der Waals surface area (Å²) in [6.07, 6.45) is 0.346. The number of likely N-dealkylation sites (tertiary alicyclic amines) is 1. The maximum Gasteiger partial charge on any atom is 0.319 e. The van der Waals surface area contributed by atoms with Gasteiger partial charge in [-0.15, -0.1) is 0 Å². The Hall–Kier alpha value is -2.24. The molecule has 120 valence electrons. The number of nitrogens with one attached hydrogen (secondary N) is 2. The highest BCUT2D eigenvalue weighted by molar-refractivity contribution is 5.92. The fraction of sp³-hybridized carbons (Fsp3) is 0.500. The molecule has 1 unspecified atom stereocenters. The van der Waals surface area contributed by atoms with Crippen LogP contribution < -0.4 is 15.4 Å². The molecule has 1 aliphatic rings. The van der Waals surface area contributed by atoms with Crippen molar-refractivity contribution in [3.8, 4) is 5.75 Å². The second-order valence-corrected chi connectivity index (χ2v) is 5.57. The van der Waals surface area contributed by atoms with E-state index in [1.54, 1.807) is 17.0 Å². The predicted octanol–water partition coefficient (Wildman–Crippen LogP) is 2.22. The lowest BCUT2D eigenvalue weighted by atomic mass is 10.2. The second kappa shape index (κ2) is 7.15. The number of carbonyl (C=O) groups is 2. The maximum atomic E-state index is 12.1. The van der Waals surface area contributed by atoms with Crippen LogP contribution in [0.25, 0.3) is 0 Å². The lowest BCUT2D eigenvalue weighted by Gasteiger charge is -2.21. The number of rotatable bonds is 5. The van der Waals surface area contributed by atoms with Crippen LogP contribution in [0.2, 0.25) is 0 Å². The first-order valence-corrected chi connectivity index (χ1v) is 7.60. The SMILES string of the molecule is CCOc1ccccc1NC(=O)NC1CC(=O)N(C(C)C)C1. The van der Waals surface area contributed by atoms with Crippen LogP contribution in [0.5, 0.6) is 5.75 Å². The van der Waals surface area contributed by atoms with Gasteiger partial charge in [-0.1, -0.05) is 12.1 Å². The highest BCUT2D eigenvalue weighted by Crippen LogP contribution is 2.23. The minimum absolute atomic E-state index is 0.0787. The van der Waals surface area contributed by atoms with Crippen LogP contribution in [0.4, 0.5) is 10.5 Å². The number of nitrogens with zero attached hydrogens (tertiary/aromatic N) is 1. The topological polar surface area (TPSA) is 70.7 Å². The first kappa shape index (κ1) is 16.1. The van der Waals surface area contributed by atoms with Gasteiger partial charge in [-0.05, 0) is 32.9 Å². The third kappa shape index (κ3) is 3.90. The number of para-hydroxylation sites is 2. The molecule has 0 aliphatic carbocycles. The van der Waals surface area contributed by atoms with E-state index in [-0.39, 0.29) is 24.0 Å². The molecular weight excluding hydrogens is 282 g/mol. The third-order valence-electron chi connectivity index (χ3n) is 3.55. The van der Waals surface area contributed by atoms with Crippen molar-refractivity contribution in [1.82, 2.24) is 10.2 Å². The van der Waals surface area contributed by atoms with E-state index >= 15 is 0 Å². The Kier molecular flexibility index (Phi) is 5.25. The molecule has 0 spiro atoms. The second-order valence-electron chi connectivity index (χ2n) is 5.57. The number of hydrogen-bond donors (Lipinski definition) is 2. The first-order valence-electron chi connectivity index (χ1n) is 7.60. The average Bonchev–Trinajstić information content (AvgIpc) is 2.82. The summed E-state index contributed by atoms with van der Waals surface area (Å²) in [6.45, 7) is 6.91.